The average Bonchev–Trinajstić information content (AvgIpc) is 2.44. The Morgan fingerprint density at radius 3 is 2.64 bits per heavy atom. The van der Waals surface area contributed by atoms with Crippen molar-refractivity contribution in [2.24, 2.45) is 0 Å². The first-order chi connectivity index (χ1) is 10.3. The lowest BCUT2D eigenvalue weighted by molar-refractivity contribution is -0.274. The molecule has 0 spiro atoms. The largest absolute Gasteiger partial charge is 0.573 e. The summed E-state index contributed by atoms with van der Waals surface area (Å²) in [6, 6.07) is 5.92. The summed E-state index contributed by atoms with van der Waals surface area (Å²) in [5.41, 5.74) is 0.811. The molecule has 0 radical (unpaired) electrons. The number of hydrogen-bond acceptors (Lipinski definition) is 3. The molecule has 1 aromatic carbocycles. The molecule has 1 aliphatic rings. The molecule has 1 aromatic rings. The van der Waals surface area contributed by atoms with Crippen molar-refractivity contribution in [3.8, 4) is 5.75 Å². The summed E-state index contributed by atoms with van der Waals surface area (Å²) in [7, 11) is 0. The number of piperazine rings is 1. The van der Waals surface area contributed by atoms with Gasteiger partial charge in [0.2, 0.25) is 5.91 Å². The number of ether oxygens (including phenoxy) is 1. The van der Waals surface area contributed by atoms with Gasteiger partial charge in [0.15, 0.2) is 0 Å². The first kappa shape index (κ1) is 16.6. The van der Waals surface area contributed by atoms with E-state index in [1.54, 1.807) is 12.1 Å². The summed E-state index contributed by atoms with van der Waals surface area (Å²) in [5, 5.41) is 3.27. The standard InChI is InChI=1S/C15H19F3N2O2/c1-11-10-20(9-8-19-11)14(21)7-4-12-2-5-13(6-3-12)22-15(16,17)18/h2-3,5-6,11,19H,4,7-10H2,1H3/t11-/m0/s1. The zero-order valence-electron chi connectivity index (χ0n) is 12.3. The van der Waals surface area contributed by atoms with Gasteiger partial charge in [-0.25, -0.2) is 0 Å². The van der Waals surface area contributed by atoms with Crippen molar-refractivity contribution in [3.05, 3.63) is 29.8 Å². The smallest absolute Gasteiger partial charge is 0.406 e. The second kappa shape index (κ2) is 7.00. The number of nitrogens with one attached hydrogen (secondary N) is 1. The van der Waals surface area contributed by atoms with Crippen LogP contribution in [0.4, 0.5) is 13.2 Å². The minimum atomic E-state index is -4.68. The fourth-order valence-corrected chi connectivity index (χ4v) is 2.43. The van der Waals surface area contributed by atoms with Crippen LogP contribution in [0, 0.1) is 0 Å². The number of benzene rings is 1. The van der Waals surface area contributed by atoms with E-state index in [0.29, 0.717) is 25.9 Å². The molecule has 2 rings (SSSR count). The Balaban J connectivity index is 1.82. The molecule has 0 unspecified atom stereocenters. The number of carbonyl (C=O) groups excluding carboxylic acids is 1. The van der Waals surface area contributed by atoms with Crippen LogP contribution in [0.15, 0.2) is 24.3 Å². The third kappa shape index (κ3) is 5.22. The molecule has 1 amide bonds. The van der Waals surface area contributed by atoms with Gasteiger partial charge in [0.1, 0.15) is 5.75 Å². The molecule has 0 aliphatic carbocycles. The fraction of sp³-hybridized carbons (Fsp3) is 0.533. The average molecular weight is 316 g/mol. The quantitative estimate of drug-likeness (QED) is 0.927. The highest BCUT2D eigenvalue weighted by Crippen LogP contribution is 2.23. The van der Waals surface area contributed by atoms with E-state index in [-0.39, 0.29) is 17.7 Å². The Morgan fingerprint density at radius 2 is 2.05 bits per heavy atom. The van der Waals surface area contributed by atoms with Gasteiger partial charge in [-0.3, -0.25) is 4.79 Å². The van der Waals surface area contributed by atoms with Gasteiger partial charge >= 0.3 is 6.36 Å². The number of halogens is 3. The number of hydrogen-bond donors (Lipinski definition) is 1. The fourth-order valence-electron chi connectivity index (χ4n) is 2.43. The Kier molecular flexibility index (Phi) is 5.28. The molecular weight excluding hydrogens is 297 g/mol. The second-order valence-electron chi connectivity index (χ2n) is 5.39. The van der Waals surface area contributed by atoms with E-state index < -0.39 is 6.36 Å². The summed E-state index contributed by atoms with van der Waals surface area (Å²) in [5.74, 6) is -0.178. The van der Waals surface area contributed by atoms with E-state index in [0.717, 1.165) is 12.1 Å². The molecule has 4 nitrogen and oxygen atoms in total. The molecule has 122 valence electrons. The van der Waals surface area contributed by atoms with E-state index in [4.69, 9.17) is 0 Å². The molecule has 1 fully saturated rings. The number of alkyl halides is 3. The van der Waals surface area contributed by atoms with E-state index in [2.05, 4.69) is 10.1 Å². The van der Waals surface area contributed by atoms with Gasteiger partial charge in [0, 0.05) is 32.1 Å². The highest BCUT2D eigenvalue weighted by atomic mass is 19.4. The van der Waals surface area contributed by atoms with Gasteiger partial charge in [-0.2, -0.15) is 0 Å². The molecule has 7 heteroatoms. The third-order valence-electron chi connectivity index (χ3n) is 3.51. The number of carbonyl (C=O) groups is 1. The van der Waals surface area contributed by atoms with Gasteiger partial charge < -0.3 is 15.0 Å². The summed E-state index contributed by atoms with van der Waals surface area (Å²) in [4.78, 5) is 13.9. The zero-order chi connectivity index (χ0) is 16.2. The van der Waals surface area contributed by atoms with E-state index in [9.17, 15) is 18.0 Å². The van der Waals surface area contributed by atoms with Crippen molar-refractivity contribution in [2.75, 3.05) is 19.6 Å². The van der Waals surface area contributed by atoms with Gasteiger partial charge in [-0.1, -0.05) is 12.1 Å². The van der Waals surface area contributed by atoms with Crippen molar-refractivity contribution in [1.29, 1.82) is 0 Å². The maximum Gasteiger partial charge on any atom is 0.573 e. The molecule has 1 aliphatic heterocycles. The molecule has 1 saturated heterocycles. The maximum absolute atomic E-state index is 12.1. The normalized spacial score (nSPS) is 19.1. The van der Waals surface area contributed by atoms with Crippen molar-refractivity contribution in [1.82, 2.24) is 10.2 Å². The van der Waals surface area contributed by atoms with Crippen LogP contribution in [-0.4, -0.2) is 42.8 Å². The Hall–Kier alpha value is -1.76. The number of amides is 1. The minimum absolute atomic E-state index is 0.0731. The summed E-state index contributed by atoms with van der Waals surface area (Å²) in [6.45, 7) is 4.20. The highest BCUT2D eigenvalue weighted by Gasteiger charge is 2.30. The zero-order valence-corrected chi connectivity index (χ0v) is 12.3. The van der Waals surface area contributed by atoms with Gasteiger partial charge in [0.05, 0.1) is 0 Å². The van der Waals surface area contributed by atoms with Gasteiger partial charge in [-0.15, -0.1) is 13.2 Å². The van der Waals surface area contributed by atoms with Crippen LogP contribution >= 0.6 is 0 Å². The van der Waals surface area contributed by atoms with Gasteiger partial charge in [-0.05, 0) is 31.0 Å². The molecule has 0 aromatic heterocycles. The highest BCUT2D eigenvalue weighted by molar-refractivity contribution is 5.76. The summed E-state index contributed by atoms with van der Waals surface area (Å²) < 4.78 is 40.0. The van der Waals surface area contributed by atoms with Crippen molar-refractivity contribution in [2.45, 2.75) is 32.2 Å². The van der Waals surface area contributed by atoms with Crippen LogP contribution in [0.25, 0.3) is 0 Å². The lowest BCUT2D eigenvalue weighted by Crippen LogP contribution is -2.51. The van der Waals surface area contributed by atoms with Crippen molar-refractivity contribution >= 4 is 5.91 Å². The van der Waals surface area contributed by atoms with Crippen LogP contribution in [-0.2, 0) is 11.2 Å². The maximum atomic E-state index is 12.1. The van der Waals surface area contributed by atoms with Crippen LogP contribution in [0.3, 0.4) is 0 Å². The number of nitrogens with zero attached hydrogens (tertiary/aromatic N) is 1. The molecule has 1 heterocycles. The predicted molar refractivity (Wildman–Crippen MR) is 75.5 cm³/mol. The first-order valence-corrected chi connectivity index (χ1v) is 7.19. The van der Waals surface area contributed by atoms with Gasteiger partial charge in [0.25, 0.3) is 0 Å². The lowest BCUT2D eigenvalue weighted by Gasteiger charge is -2.32. The predicted octanol–water partition coefficient (Wildman–Crippen LogP) is 2.34. The van der Waals surface area contributed by atoms with Crippen molar-refractivity contribution in [3.63, 3.8) is 0 Å². The van der Waals surface area contributed by atoms with Crippen molar-refractivity contribution < 1.29 is 22.7 Å². The molecular formula is C15H19F3N2O2. The summed E-state index contributed by atoms with van der Waals surface area (Å²) >= 11 is 0. The number of aryl methyl sites for hydroxylation is 1. The van der Waals surface area contributed by atoms with E-state index in [1.165, 1.54) is 12.1 Å². The number of rotatable bonds is 4. The monoisotopic (exact) mass is 316 g/mol. The van der Waals surface area contributed by atoms with Crippen LogP contribution < -0.4 is 10.1 Å². The van der Waals surface area contributed by atoms with E-state index >= 15 is 0 Å². The molecule has 1 atom stereocenters. The van der Waals surface area contributed by atoms with Crippen LogP contribution in [0.2, 0.25) is 0 Å². The Bertz CT molecular complexity index is 503. The third-order valence-corrected chi connectivity index (χ3v) is 3.51. The minimum Gasteiger partial charge on any atom is -0.406 e. The second-order valence-corrected chi connectivity index (χ2v) is 5.39. The SMILES string of the molecule is C[C@H]1CN(C(=O)CCc2ccc(OC(F)(F)F)cc2)CCN1. The van der Waals surface area contributed by atoms with Crippen LogP contribution in [0.1, 0.15) is 18.9 Å². The van der Waals surface area contributed by atoms with E-state index in [1.807, 2.05) is 11.8 Å². The molecule has 0 bridgehead atoms. The molecule has 1 N–H and O–H groups in total. The lowest BCUT2D eigenvalue weighted by atomic mass is 10.1. The topological polar surface area (TPSA) is 41.6 Å². The first-order valence-electron chi connectivity index (χ1n) is 7.19. The Labute approximate surface area is 127 Å². The Morgan fingerprint density at radius 1 is 1.36 bits per heavy atom. The van der Waals surface area contributed by atoms with Crippen LogP contribution in [0.5, 0.6) is 5.75 Å². The molecule has 22 heavy (non-hydrogen) atoms. The molecule has 0 saturated carbocycles. The summed E-state index contributed by atoms with van der Waals surface area (Å²) in [6.07, 6.45) is -3.83.